The summed E-state index contributed by atoms with van der Waals surface area (Å²) in [6.07, 6.45) is 1.48. The van der Waals surface area contributed by atoms with Gasteiger partial charge >= 0.3 is 0 Å². The van der Waals surface area contributed by atoms with Crippen molar-refractivity contribution >= 4 is 33.9 Å². The van der Waals surface area contributed by atoms with Crippen LogP contribution in [0.5, 0.6) is 0 Å². The molecule has 0 atom stereocenters. The number of carbonyl (C=O) groups is 1. The molecule has 7 nitrogen and oxygen atoms in total. The summed E-state index contributed by atoms with van der Waals surface area (Å²) in [5, 5.41) is 10.9. The van der Waals surface area contributed by atoms with Gasteiger partial charge in [-0.2, -0.15) is 0 Å². The Kier molecular flexibility index (Phi) is 2.64. The topological polar surface area (TPSA) is 120 Å². The number of nitrogens with two attached hydrogens (primary N) is 2. The van der Waals surface area contributed by atoms with E-state index in [9.17, 15) is 4.79 Å². The number of hydrogen-bond donors (Lipinski definition) is 3. The van der Waals surface area contributed by atoms with Crippen LogP contribution in [0.2, 0.25) is 0 Å². The maximum Gasteiger partial charge on any atom is 0.254 e. The zero-order valence-electron chi connectivity index (χ0n) is 8.04. The van der Waals surface area contributed by atoms with Crippen molar-refractivity contribution in [2.45, 2.75) is 0 Å². The number of rotatable bonds is 3. The number of nitrogen functional groups attached to an aromatic ring is 1. The SMILES string of the molecule is NC(=O)c1c(Nc2nncs2)ccnc1N. The molecule has 2 aromatic rings. The van der Waals surface area contributed by atoms with E-state index in [0.717, 1.165) is 0 Å². The Hall–Kier alpha value is -2.22. The highest BCUT2D eigenvalue weighted by atomic mass is 32.1. The Bertz CT molecular complexity index is 511. The minimum Gasteiger partial charge on any atom is -0.383 e. The van der Waals surface area contributed by atoms with Crippen LogP contribution in [0.1, 0.15) is 10.4 Å². The van der Waals surface area contributed by atoms with E-state index in [1.807, 2.05) is 0 Å². The van der Waals surface area contributed by atoms with E-state index >= 15 is 0 Å². The summed E-state index contributed by atoms with van der Waals surface area (Å²) >= 11 is 1.30. The summed E-state index contributed by atoms with van der Waals surface area (Å²) in [6.45, 7) is 0. The number of nitrogens with one attached hydrogen (secondary N) is 1. The predicted molar refractivity (Wildman–Crippen MR) is 60.4 cm³/mol. The van der Waals surface area contributed by atoms with Gasteiger partial charge in [-0.1, -0.05) is 11.3 Å². The summed E-state index contributed by atoms with van der Waals surface area (Å²) in [5.74, 6) is -0.556. The lowest BCUT2D eigenvalue weighted by Gasteiger charge is -2.08. The third kappa shape index (κ3) is 1.91. The quantitative estimate of drug-likeness (QED) is 0.707. The van der Waals surface area contributed by atoms with Crippen LogP contribution in [0.3, 0.4) is 0 Å². The normalized spacial score (nSPS) is 10.0. The Morgan fingerprint density at radius 1 is 1.50 bits per heavy atom. The van der Waals surface area contributed by atoms with Gasteiger partial charge in [0.1, 0.15) is 16.9 Å². The van der Waals surface area contributed by atoms with Crippen molar-refractivity contribution < 1.29 is 4.79 Å². The van der Waals surface area contributed by atoms with E-state index in [0.29, 0.717) is 10.8 Å². The second kappa shape index (κ2) is 4.11. The number of pyridine rings is 1. The van der Waals surface area contributed by atoms with Crippen LogP contribution in [-0.2, 0) is 0 Å². The predicted octanol–water partition coefficient (Wildman–Crippen LogP) is 0.358. The lowest BCUT2D eigenvalue weighted by Crippen LogP contribution is -2.16. The van der Waals surface area contributed by atoms with Gasteiger partial charge < -0.3 is 16.8 Å². The van der Waals surface area contributed by atoms with Crippen molar-refractivity contribution in [3.63, 3.8) is 0 Å². The highest BCUT2D eigenvalue weighted by Crippen LogP contribution is 2.23. The van der Waals surface area contributed by atoms with Crippen molar-refractivity contribution in [3.05, 3.63) is 23.3 Å². The molecule has 2 aromatic heterocycles. The number of hydrogen-bond acceptors (Lipinski definition) is 7. The zero-order chi connectivity index (χ0) is 11.5. The minimum atomic E-state index is -0.641. The van der Waals surface area contributed by atoms with Gasteiger partial charge in [0.15, 0.2) is 0 Å². The number of nitrogens with zero attached hydrogens (tertiary/aromatic N) is 3. The molecule has 1 amide bonds. The molecule has 0 saturated carbocycles. The van der Waals surface area contributed by atoms with Crippen molar-refractivity contribution in [3.8, 4) is 0 Å². The van der Waals surface area contributed by atoms with Crippen molar-refractivity contribution in [1.82, 2.24) is 15.2 Å². The molecule has 0 radical (unpaired) electrons. The molecule has 0 aromatic carbocycles. The van der Waals surface area contributed by atoms with E-state index in [2.05, 4.69) is 20.5 Å². The van der Waals surface area contributed by atoms with Gasteiger partial charge in [0.2, 0.25) is 5.13 Å². The Morgan fingerprint density at radius 3 is 2.94 bits per heavy atom. The first-order valence-corrected chi connectivity index (χ1v) is 5.14. The highest BCUT2D eigenvalue weighted by molar-refractivity contribution is 7.13. The zero-order valence-corrected chi connectivity index (χ0v) is 8.86. The maximum absolute atomic E-state index is 11.2. The standard InChI is InChI=1S/C8H8N6OS/c9-6-5(7(10)15)4(1-2-11-6)13-8-14-12-3-16-8/h1-3H,(H2,10,15)(H3,9,11,13,14). The lowest BCUT2D eigenvalue weighted by molar-refractivity contribution is 0.100. The Morgan fingerprint density at radius 2 is 2.31 bits per heavy atom. The molecule has 0 saturated heterocycles. The summed E-state index contributed by atoms with van der Waals surface area (Å²) in [6, 6.07) is 1.60. The molecular weight excluding hydrogens is 228 g/mol. The molecule has 5 N–H and O–H groups in total. The largest absolute Gasteiger partial charge is 0.383 e. The summed E-state index contributed by atoms with van der Waals surface area (Å²) in [5.41, 5.74) is 13.0. The number of aromatic nitrogens is 3. The molecule has 0 aliphatic rings. The average molecular weight is 236 g/mol. The van der Waals surface area contributed by atoms with Crippen LogP contribution in [0.15, 0.2) is 17.8 Å². The first-order chi connectivity index (χ1) is 7.68. The van der Waals surface area contributed by atoms with E-state index in [1.54, 1.807) is 11.6 Å². The number of amides is 1. The van der Waals surface area contributed by atoms with Crippen LogP contribution in [0.25, 0.3) is 0 Å². The molecule has 0 aliphatic heterocycles. The number of carbonyl (C=O) groups excluding carboxylic acids is 1. The minimum absolute atomic E-state index is 0.0852. The monoisotopic (exact) mass is 236 g/mol. The van der Waals surface area contributed by atoms with E-state index in [4.69, 9.17) is 11.5 Å². The lowest BCUT2D eigenvalue weighted by atomic mass is 10.2. The molecule has 0 spiro atoms. The van der Waals surface area contributed by atoms with Crippen LogP contribution in [0.4, 0.5) is 16.6 Å². The third-order valence-corrected chi connectivity index (χ3v) is 2.44. The fraction of sp³-hybridized carbons (Fsp3) is 0. The molecule has 82 valence electrons. The first kappa shape index (κ1) is 10.3. The highest BCUT2D eigenvalue weighted by Gasteiger charge is 2.13. The fourth-order valence-electron chi connectivity index (χ4n) is 1.18. The first-order valence-electron chi connectivity index (χ1n) is 4.26. The van der Waals surface area contributed by atoms with Gasteiger partial charge in [-0.05, 0) is 6.07 Å². The number of anilines is 3. The van der Waals surface area contributed by atoms with E-state index < -0.39 is 5.91 Å². The Balaban J connectivity index is 2.40. The molecule has 2 rings (SSSR count). The van der Waals surface area contributed by atoms with Crippen molar-refractivity contribution in [2.75, 3.05) is 11.1 Å². The average Bonchev–Trinajstić information content (AvgIpc) is 2.70. The Labute approximate surface area is 94.5 Å². The van der Waals surface area contributed by atoms with E-state index in [-0.39, 0.29) is 11.4 Å². The molecule has 0 aliphatic carbocycles. The molecule has 16 heavy (non-hydrogen) atoms. The summed E-state index contributed by atoms with van der Waals surface area (Å²) in [7, 11) is 0. The fourth-order valence-corrected chi connectivity index (χ4v) is 1.64. The van der Waals surface area contributed by atoms with E-state index in [1.165, 1.54) is 17.5 Å². The van der Waals surface area contributed by atoms with Gasteiger partial charge in [-0.25, -0.2) is 4.98 Å². The van der Waals surface area contributed by atoms with Crippen molar-refractivity contribution in [2.24, 2.45) is 5.73 Å². The van der Waals surface area contributed by atoms with Crippen LogP contribution >= 0.6 is 11.3 Å². The van der Waals surface area contributed by atoms with Crippen molar-refractivity contribution in [1.29, 1.82) is 0 Å². The summed E-state index contributed by atoms with van der Waals surface area (Å²) in [4.78, 5) is 15.0. The third-order valence-electron chi connectivity index (χ3n) is 1.83. The molecule has 0 unspecified atom stereocenters. The van der Waals surface area contributed by atoms with Gasteiger partial charge in [0, 0.05) is 6.20 Å². The van der Waals surface area contributed by atoms with Crippen LogP contribution < -0.4 is 16.8 Å². The van der Waals surface area contributed by atoms with Crippen LogP contribution in [-0.4, -0.2) is 21.1 Å². The molecular formula is C8H8N6OS. The molecule has 8 heteroatoms. The molecule has 2 heterocycles. The second-order valence-corrected chi connectivity index (χ2v) is 3.69. The van der Waals surface area contributed by atoms with Gasteiger partial charge in [-0.15, -0.1) is 10.2 Å². The smallest absolute Gasteiger partial charge is 0.254 e. The van der Waals surface area contributed by atoms with Crippen LogP contribution in [0, 0.1) is 0 Å². The molecule has 0 bridgehead atoms. The van der Waals surface area contributed by atoms with Gasteiger partial charge in [0.05, 0.1) is 5.69 Å². The summed E-state index contributed by atoms with van der Waals surface area (Å²) < 4.78 is 0. The van der Waals surface area contributed by atoms with Gasteiger partial charge in [0.25, 0.3) is 5.91 Å². The molecule has 0 fully saturated rings. The number of primary amides is 1. The van der Waals surface area contributed by atoms with Gasteiger partial charge in [-0.3, -0.25) is 4.79 Å². The second-order valence-electron chi connectivity index (χ2n) is 2.85. The maximum atomic E-state index is 11.2.